The van der Waals surface area contributed by atoms with Crippen molar-refractivity contribution in [1.82, 2.24) is 15.0 Å². The fourth-order valence-electron chi connectivity index (χ4n) is 7.79. The van der Waals surface area contributed by atoms with Crippen molar-refractivity contribution in [3.8, 4) is 67.5 Å². The van der Waals surface area contributed by atoms with Crippen molar-refractivity contribution in [3.63, 3.8) is 0 Å². The van der Waals surface area contributed by atoms with E-state index in [1.54, 1.807) is 0 Å². The Morgan fingerprint density at radius 2 is 0.750 bits per heavy atom. The lowest BCUT2D eigenvalue weighted by Crippen LogP contribution is -2.00. The second-order valence-electron chi connectivity index (χ2n) is 14.0. The number of para-hydroxylation sites is 1. The van der Waals surface area contributed by atoms with Gasteiger partial charge >= 0.3 is 0 Å². The Bertz CT molecular complexity index is 3220. The number of rotatable bonds is 6. The van der Waals surface area contributed by atoms with Crippen molar-refractivity contribution < 1.29 is 8.83 Å². The maximum absolute atomic E-state index is 6.64. The largest absolute Gasteiger partial charge is 0.456 e. The van der Waals surface area contributed by atoms with Crippen LogP contribution in [0.4, 0.5) is 0 Å². The summed E-state index contributed by atoms with van der Waals surface area (Å²) >= 11 is 0. The van der Waals surface area contributed by atoms with Gasteiger partial charge in [0.2, 0.25) is 0 Å². The summed E-state index contributed by atoms with van der Waals surface area (Å²) in [5.41, 5.74) is 12.6. The van der Waals surface area contributed by atoms with Gasteiger partial charge < -0.3 is 8.83 Å². The number of benzene rings is 8. The maximum Gasteiger partial charge on any atom is 0.164 e. The van der Waals surface area contributed by atoms with E-state index >= 15 is 0 Å². The number of hydrogen-bond donors (Lipinski definition) is 0. The molecule has 0 aliphatic heterocycles. The van der Waals surface area contributed by atoms with Gasteiger partial charge in [-0.05, 0) is 64.2 Å². The summed E-state index contributed by atoms with van der Waals surface area (Å²) in [6.45, 7) is 0. The quantitative estimate of drug-likeness (QED) is 0.171. The molecule has 0 spiro atoms. The molecule has 8 aromatic carbocycles. The average molecular weight is 718 g/mol. The van der Waals surface area contributed by atoms with Gasteiger partial charge in [-0.3, -0.25) is 0 Å². The third-order valence-corrected chi connectivity index (χ3v) is 10.6. The summed E-state index contributed by atoms with van der Waals surface area (Å²) in [6.07, 6.45) is 0. The van der Waals surface area contributed by atoms with E-state index in [9.17, 15) is 0 Å². The molecular formula is C51H31N3O2. The highest BCUT2D eigenvalue weighted by atomic mass is 16.3. The second-order valence-corrected chi connectivity index (χ2v) is 14.0. The smallest absolute Gasteiger partial charge is 0.164 e. The van der Waals surface area contributed by atoms with E-state index in [0.29, 0.717) is 17.5 Å². The normalized spacial score (nSPS) is 11.6. The molecule has 3 aromatic heterocycles. The van der Waals surface area contributed by atoms with Crippen LogP contribution in [0.1, 0.15) is 0 Å². The summed E-state index contributed by atoms with van der Waals surface area (Å²) in [5, 5.41) is 4.25. The highest BCUT2D eigenvalue weighted by Crippen LogP contribution is 2.43. The predicted molar refractivity (Wildman–Crippen MR) is 227 cm³/mol. The van der Waals surface area contributed by atoms with Crippen molar-refractivity contribution in [2.75, 3.05) is 0 Å². The molecule has 56 heavy (non-hydrogen) atoms. The molecule has 11 aromatic rings. The minimum atomic E-state index is 0.580. The first-order chi connectivity index (χ1) is 27.7. The zero-order valence-corrected chi connectivity index (χ0v) is 30.1. The van der Waals surface area contributed by atoms with Crippen molar-refractivity contribution in [2.45, 2.75) is 0 Å². The van der Waals surface area contributed by atoms with Crippen LogP contribution >= 0.6 is 0 Å². The van der Waals surface area contributed by atoms with Crippen LogP contribution in [0.3, 0.4) is 0 Å². The first kappa shape index (κ1) is 31.9. The molecule has 0 saturated heterocycles. The Hall–Kier alpha value is -7.63. The minimum absolute atomic E-state index is 0.580. The van der Waals surface area contributed by atoms with Gasteiger partial charge in [0.1, 0.15) is 22.3 Å². The fourth-order valence-corrected chi connectivity index (χ4v) is 7.79. The molecule has 0 bridgehead atoms. The van der Waals surface area contributed by atoms with Crippen LogP contribution in [0.5, 0.6) is 0 Å². The van der Waals surface area contributed by atoms with Gasteiger partial charge in [-0.25, -0.2) is 15.0 Å². The molecule has 11 rings (SSSR count). The summed E-state index contributed by atoms with van der Waals surface area (Å²) in [5.74, 6) is 1.80. The molecule has 0 saturated carbocycles. The molecule has 0 aliphatic rings. The van der Waals surface area contributed by atoms with Crippen molar-refractivity contribution in [2.24, 2.45) is 0 Å². The van der Waals surface area contributed by atoms with Gasteiger partial charge in [0, 0.05) is 43.8 Å². The number of hydrogen-bond acceptors (Lipinski definition) is 5. The topological polar surface area (TPSA) is 65.0 Å². The van der Waals surface area contributed by atoms with Gasteiger partial charge in [-0.15, -0.1) is 0 Å². The molecule has 0 unspecified atom stereocenters. The minimum Gasteiger partial charge on any atom is -0.456 e. The molecule has 0 N–H and O–H groups in total. The Morgan fingerprint density at radius 3 is 1.43 bits per heavy atom. The van der Waals surface area contributed by atoms with Crippen LogP contribution in [0, 0.1) is 0 Å². The number of nitrogens with zero attached hydrogens (tertiary/aromatic N) is 3. The maximum atomic E-state index is 6.64. The Morgan fingerprint density at radius 1 is 0.286 bits per heavy atom. The third-order valence-electron chi connectivity index (χ3n) is 10.6. The van der Waals surface area contributed by atoms with E-state index < -0.39 is 0 Å². The molecule has 0 fully saturated rings. The number of furan rings is 2. The van der Waals surface area contributed by atoms with Gasteiger partial charge in [0.15, 0.2) is 17.5 Å². The molecule has 5 heteroatoms. The monoisotopic (exact) mass is 717 g/mol. The lowest BCUT2D eigenvalue weighted by molar-refractivity contribution is 0.668. The standard InChI is InChI=1S/C51H31N3O2/c1-4-12-32(13-5-1)33-20-22-36(23-21-33)50-52-49(35-16-8-3-9-17-35)53-51(54-50)38-25-27-42-41-26-24-37(30-45(41)55-46(42)31-38)39-28-29-40(34-14-6-2-7-15-34)48-47(39)43-18-10-11-19-44(43)56-48/h1-31H. The number of fused-ring (bicyclic) bond motifs is 6. The third kappa shape index (κ3) is 5.45. The van der Waals surface area contributed by atoms with Gasteiger partial charge in [-0.2, -0.15) is 0 Å². The first-order valence-electron chi connectivity index (χ1n) is 18.7. The SMILES string of the molecule is c1ccc(-c2ccc(-c3nc(-c4ccccc4)nc(-c4ccc5c(c4)oc4cc(-c6ccc(-c7ccccc7)c7oc8ccccc8c67)ccc45)n3)cc2)cc1. The van der Waals surface area contributed by atoms with E-state index in [1.165, 1.54) is 0 Å². The predicted octanol–water partition coefficient (Wildman–Crippen LogP) is 13.7. The Labute approximate surface area is 322 Å². The second kappa shape index (κ2) is 13.0. The fraction of sp³-hybridized carbons (Fsp3) is 0. The van der Waals surface area contributed by atoms with Crippen molar-refractivity contribution >= 4 is 43.9 Å². The van der Waals surface area contributed by atoms with E-state index in [2.05, 4.69) is 127 Å². The molecule has 5 nitrogen and oxygen atoms in total. The highest BCUT2D eigenvalue weighted by Gasteiger charge is 2.19. The van der Waals surface area contributed by atoms with Gasteiger partial charge in [-0.1, -0.05) is 152 Å². The van der Waals surface area contributed by atoms with E-state index in [4.69, 9.17) is 23.8 Å². The van der Waals surface area contributed by atoms with Gasteiger partial charge in [0.25, 0.3) is 0 Å². The molecule has 3 heterocycles. The van der Waals surface area contributed by atoms with Crippen molar-refractivity contribution in [3.05, 3.63) is 188 Å². The summed E-state index contributed by atoms with van der Waals surface area (Å²) in [6, 6.07) is 64.5. The highest BCUT2D eigenvalue weighted by molar-refractivity contribution is 6.17. The van der Waals surface area contributed by atoms with Crippen LogP contribution in [-0.2, 0) is 0 Å². The van der Waals surface area contributed by atoms with Crippen LogP contribution in [0.25, 0.3) is 111 Å². The number of aromatic nitrogens is 3. The molecule has 0 radical (unpaired) electrons. The Kier molecular flexibility index (Phi) is 7.42. The van der Waals surface area contributed by atoms with E-state index in [0.717, 1.165) is 93.9 Å². The van der Waals surface area contributed by atoms with E-state index in [-0.39, 0.29) is 0 Å². The first-order valence-corrected chi connectivity index (χ1v) is 18.7. The molecule has 0 amide bonds. The Balaban J connectivity index is 1.01. The molecular weight excluding hydrogens is 687 g/mol. The van der Waals surface area contributed by atoms with Gasteiger partial charge in [0.05, 0.1) is 0 Å². The molecule has 0 atom stereocenters. The van der Waals surface area contributed by atoms with Crippen LogP contribution in [0.15, 0.2) is 197 Å². The summed E-state index contributed by atoms with van der Waals surface area (Å²) < 4.78 is 13.2. The van der Waals surface area contributed by atoms with E-state index in [1.807, 2.05) is 60.7 Å². The van der Waals surface area contributed by atoms with Crippen LogP contribution < -0.4 is 0 Å². The molecule has 0 aliphatic carbocycles. The average Bonchev–Trinajstić information content (AvgIpc) is 3.85. The zero-order chi connectivity index (χ0) is 37.0. The summed E-state index contributed by atoms with van der Waals surface area (Å²) in [7, 11) is 0. The zero-order valence-electron chi connectivity index (χ0n) is 30.1. The lowest BCUT2D eigenvalue weighted by Gasteiger charge is -2.09. The van der Waals surface area contributed by atoms with Crippen LogP contribution in [-0.4, -0.2) is 15.0 Å². The molecule has 262 valence electrons. The lowest BCUT2D eigenvalue weighted by atomic mass is 9.94. The van der Waals surface area contributed by atoms with Crippen molar-refractivity contribution in [1.29, 1.82) is 0 Å². The van der Waals surface area contributed by atoms with Crippen LogP contribution in [0.2, 0.25) is 0 Å². The summed E-state index contributed by atoms with van der Waals surface area (Å²) in [4.78, 5) is 14.9.